The van der Waals surface area contributed by atoms with E-state index < -0.39 is 0 Å². The van der Waals surface area contributed by atoms with E-state index in [1.807, 2.05) is 48.9 Å². The minimum absolute atomic E-state index is 0.0174. The van der Waals surface area contributed by atoms with Gasteiger partial charge in [-0.2, -0.15) is 5.10 Å². The molecule has 5 nitrogen and oxygen atoms in total. The van der Waals surface area contributed by atoms with Crippen molar-refractivity contribution in [2.45, 2.75) is 18.7 Å². The molecule has 1 amide bonds. The summed E-state index contributed by atoms with van der Waals surface area (Å²) in [7, 11) is 3.60. The first-order valence-corrected chi connectivity index (χ1v) is 7.69. The van der Waals surface area contributed by atoms with Crippen LogP contribution in [0.2, 0.25) is 0 Å². The highest BCUT2D eigenvalue weighted by atomic mass is 32.2. The van der Waals surface area contributed by atoms with E-state index in [0.717, 1.165) is 22.0 Å². The first kappa shape index (κ1) is 15.6. The van der Waals surface area contributed by atoms with Gasteiger partial charge in [0.15, 0.2) is 0 Å². The summed E-state index contributed by atoms with van der Waals surface area (Å²) in [5, 5.41) is 6.22. The number of hydrogen-bond acceptors (Lipinski definition) is 4. The number of benzene rings is 1. The quantitative estimate of drug-likeness (QED) is 0.679. The van der Waals surface area contributed by atoms with Gasteiger partial charge in [-0.05, 0) is 26.0 Å². The number of para-hydroxylation sites is 1. The minimum atomic E-state index is -0.0174. The Bertz CT molecular complexity index is 622. The number of aromatic nitrogens is 2. The normalized spacial score (nSPS) is 10.9. The Morgan fingerprint density at radius 1 is 1.29 bits per heavy atom. The van der Waals surface area contributed by atoms with Gasteiger partial charge in [-0.25, -0.2) is 9.69 Å². The maximum atomic E-state index is 11.7. The van der Waals surface area contributed by atoms with E-state index in [4.69, 9.17) is 0 Å². The van der Waals surface area contributed by atoms with Gasteiger partial charge in [-0.15, -0.1) is 11.8 Å². The van der Waals surface area contributed by atoms with Crippen LogP contribution in [0.3, 0.4) is 0 Å². The van der Waals surface area contributed by atoms with Crippen LogP contribution in [0.4, 0.5) is 0 Å². The van der Waals surface area contributed by atoms with Gasteiger partial charge < -0.3 is 0 Å². The number of aryl methyl sites for hydroxylation is 1. The van der Waals surface area contributed by atoms with E-state index in [0.29, 0.717) is 5.75 Å². The topological polar surface area (TPSA) is 50.2 Å². The average molecular weight is 304 g/mol. The zero-order valence-electron chi connectivity index (χ0n) is 12.8. The molecule has 1 heterocycles. The Hall–Kier alpha value is -1.79. The second kappa shape index (κ2) is 6.78. The molecular weight excluding hydrogens is 284 g/mol. The second-order valence-corrected chi connectivity index (χ2v) is 5.95. The monoisotopic (exact) mass is 304 g/mol. The number of carbonyl (C=O) groups excluding carboxylic acids is 1. The van der Waals surface area contributed by atoms with Crippen molar-refractivity contribution in [1.82, 2.24) is 20.2 Å². The lowest BCUT2D eigenvalue weighted by Gasteiger charge is -2.11. The molecule has 0 aliphatic heterocycles. The van der Waals surface area contributed by atoms with Crippen molar-refractivity contribution in [1.29, 1.82) is 0 Å². The minimum Gasteiger partial charge on any atom is -0.289 e. The molecule has 1 aromatic heterocycles. The summed E-state index contributed by atoms with van der Waals surface area (Å²) in [5.74, 6) is 0.358. The van der Waals surface area contributed by atoms with Crippen molar-refractivity contribution in [3.63, 3.8) is 0 Å². The lowest BCUT2D eigenvalue weighted by atomic mass is 10.3. The molecule has 1 aromatic carbocycles. The summed E-state index contributed by atoms with van der Waals surface area (Å²) < 4.78 is 1.92. The molecule has 21 heavy (non-hydrogen) atoms. The number of amides is 1. The average Bonchev–Trinajstić information content (AvgIpc) is 2.72. The molecule has 0 saturated carbocycles. The molecule has 1 N–H and O–H groups in total. The molecule has 112 valence electrons. The molecule has 0 atom stereocenters. The van der Waals surface area contributed by atoms with Crippen LogP contribution < -0.4 is 5.43 Å². The molecule has 6 heteroatoms. The van der Waals surface area contributed by atoms with Gasteiger partial charge in [0.25, 0.3) is 0 Å². The van der Waals surface area contributed by atoms with E-state index in [9.17, 15) is 4.79 Å². The summed E-state index contributed by atoms with van der Waals surface area (Å²) in [4.78, 5) is 12.8. The Balaban J connectivity index is 2.15. The first-order chi connectivity index (χ1) is 9.99. The fourth-order valence-electron chi connectivity index (χ4n) is 2.08. The van der Waals surface area contributed by atoms with Crippen molar-refractivity contribution >= 4 is 17.7 Å². The SMILES string of the molecule is Cc1nn(-c2ccccc2)c(C)c1SCC(=O)NN(C)C. The van der Waals surface area contributed by atoms with Crippen LogP contribution >= 0.6 is 11.8 Å². The van der Waals surface area contributed by atoms with E-state index in [-0.39, 0.29) is 5.91 Å². The van der Waals surface area contributed by atoms with Crippen LogP contribution in [-0.4, -0.2) is 40.5 Å². The molecule has 0 radical (unpaired) electrons. The van der Waals surface area contributed by atoms with Gasteiger partial charge >= 0.3 is 0 Å². The summed E-state index contributed by atoms with van der Waals surface area (Å²) in [6.45, 7) is 4.00. The van der Waals surface area contributed by atoms with Crippen LogP contribution in [0.5, 0.6) is 0 Å². The number of hydrazine groups is 1. The standard InChI is InChI=1S/C15H20N4OS/c1-11-15(21-10-14(20)17-18(3)4)12(2)19(16-11)13-8-6-5-7-9-13/h5-9H,10H2,1-4H3,(H,17,20). The van der Waals surface area contributed by atoms with Crippen LogP contribution in [-0.2, 0) is 4.79 Å². The van der Waals surface area contributed by atoms with Crippen LogP contribution in [0.1, 0.15) is 11.4 Å². The molecule has 0 aliphatic carbocycles. The third kappa shape index (κ3) is 3.86. The predicted molar refractivity (Wildman–Crippen MR) is 85.6 cm³/mol. The number of rotatable bonds is 5. The summed E-state index contributed by atoms with van der Waals surface area (Å²) >= 11 is 1.52. The smallest absolute Gasteiger partial charge is 0.244 e. The third-order valence-electron chi connectivity index (χ3n) is 2.92. The summed E-state index contributed by atoms with van der Waals surface area (Å²) in [6.07, 6.45) is 0. The van der Waals surface area contributed by atoms with Crippen molar-refractivity contribution in [2.24, 2.45) is 0 Å². The number of nitrogens with zero attached hydrogens (tertiary/aromatic N) is 3. The summed E-state index contributed by atoms with van der Waals surface area (Å²) in [6, 6.07) is 10.0. The molecule has 0 bridgehead atoms. The van der Waals surface area contributed by atoms with Gasteiger partial charge in [0, 0.05) is 14.1 Å². The van der Waals surface area contributed by atoms with Gasteiger partial charge in [-0.1, -0.05) is 18.2 Å². The van der Waals surface area contributed by atoms with Crippen molar-refractivity contribution in [3.8, 4) is 5.69 Å². The molecule has 2 rings (SSSR count). The highest BCUT2D eigenvalue weighted by Gasteiger charge is 2.14. The third-order valence-corrected chi connectivity index (χ3v) is 4.21. The fourth-order valence-corrected chi connectivity index (χ4v) is 2.96. The van der Waals surface area contributed by atoms with E-state index in [1.165, 1.54) is 11.8 Å². The molecule has 0 spiro atoms. The number of hydrogen-bond donors (Lipinski definition) is 1. The lowest BCUT2D eigenvalue weighted by molar-refractivity contribution is -0.122. The highest BCUT2D eigenvalue weighted by Crippen LogP contribution is 2.27. The van der Waals surface area contributed by atoms with E-state index in [2.05, 4.69) is 10.5 Å². The zero-order valence-corrected chi connectivity index (χ0v) is 13.6. The molecule has 0 fully saturated rings. The highest BCUT2D eigenvalue weighted by molar-refractivity contribution is 8.00. The maximum absolute atomic E-state index is 11.7. The molecule has 2 aromatic rings. The Labute approximate surface area is 129 Å². The maximum Gasteiger partial charge on any atom is 0.244 e. The number of nitrogens with one attached hydrogen (secondary N) is 1. The Morgan fingerprint density at radius 3 is 2.57 bits per heavy atom. The van der Waals surface area contributed by atoms with Gasteiger partial charge in [0.05, 0.1) is 27.7 Å². The van der Waals surface area contributed by atoms with Crippen molar-refractivity contribution in [3.05, 3.63) is 41.7 Å². The zero-order chi connectivity index (χ0) is 15.4. The Kier molecular flexibility index (Phi) is 5.03. The summed E-state index contributed by atoms with van der Waals surface area (Å²) in [5.41, 5.74) is 5.77. The van der Waals surface area contributed by atoms with Crippen LogP contribution in [0.25, 0.3) is 5.69 Å². The van der Waals surface area contributed by atoms with Gasteiger partial charge in [-0.3, -0.25) is 10.2 Å². The van der Waals surface area contributed by atoms with E-state index >= 15 is 0 Å². The lowest BCUT2D eigenvalue weighted by Crippen LogP contribution is -2.37. The largest absolute Gasteiger partial charge is 0.289 e. The first-order valence-electron chi connectivity index (χ1n) is 6.70. The molecule has 0 aliphatic rings. The van der Waals surface area contributed by atoms with Crippen molar-refractivity contribution in [2.75, 3.05) is 19.8 Å². The predicted octanol–water partition coefficient (Wildman–Crippen LogP) is 2.17. The number of carbonyl (C=O) groups is 1. The molecule has 0 unspecified atom stereocenters. The Morgan fingerprint density at radius 2 is 1.95 bits per heavy atom. The number of thioether (sulfide) groups is 1. The molecule has 0 saturated heterocycles. The fraction of sp³-hybridized carbons (Fsp3) is 0.333. The molecular formula is C15H20N4OS. The van der Waals surface area contributed by atoms with E-state index in [1.54, 1.807) is 19.1 Å². The van der Waals surface area contributed by atoms with Gasteiger partial charge in [0.1, 0.15) is 0 Å². The van der Waals surface area contributed by atoms with Gasteiger partial charge in [0.2, 0.25) is 5.91 Å². The van der Waals surface area contributed by atoms with Crippen molar-refractivity contribution < 1.29 is 4.79 Å². The second-order valence-electron chi connectivity index (χ2n) is 4.97. The van der Waals surface area contributed by atoms with Crippen LogP contribution in [0.15, 0.2) is 35.2 Å². The van der Waals surface area contributed by atoms with Crippen LogP contribution in [0, 0.1) is 13.8 Å².